The van der Waals surface area contributed by atoms with Crippen molar-refractivity contribution in [3.8, 4) is 0 Å². The van der Waals surface area contributed by atoms with E-state index < -0.39 is 0 Å². The highest BCUT2D eigenvalue weighted by molar-refractivity contribution is 6.06. The maximum atomic E-state index is 13.4. The SMILES string of the molecule is Cc1ccc(N(Cc2cc3cc(C)ccc3[nH]c2=O)C(=O)c2cccnc2)c(C)c1. The van der Waals surface area contributed by atoms with Crippen LogP contribution in [0.25, 0.3) is 10.9 Å². The Balaban J connectivity index is 1.82. The number of pyridine rings is 2. The largest absolute Gasteiger partial charge is 0.322 e. The van der Waals surface area contributed by atoms with E-state index in [-0.39, 0.29) is 18.0 Å². The third-order valence-corrected chi connectivity index (χ3v) is 5.20. The molecule has 0 spiro atoms. The fourth-order valence-corrected chi connectivity index (χ4v) is 3.68. The minimum Gasteiger partial charge on any atom is -0.322 e. The molecule has 0 saturated carbocycles. The van der Waals surface area contributed by atoms with Gasteiger partial charge in [-0.25, -0.2) is 0 Å². The summed E-state index contributed by atoms with van der Waals surface area (Å²) in [7, 11) is 0. The number of aromatic amines is 1. The van der Waals surface area contributed by atoms with Crippen LogP contribution in [0, 0.1) is 20.8 Å². The van der Waals surface area contributed by atoms with Gasteiger partial charge in [-0.1, -0.05) is 29.3 Å². The van der Waals surface area contributed by atoms with Gasteiger partial charge in [0.15, 0.2) is 0 Å². The molecule has 0 aliphatic heterocycles. The molecule has 2 aromatic heterocycles. The van der Waals surface area contributed by atoms with Gasteiger partial charge >= 0.3 is 0 Å². The molecule has 0 aliphatic rings. The molecule has 0 fully saturated rings. The predicted octanol–water partition coefficient (Wildman–Crippen LogP) is 4.70. The number of aryl methyl sites for hydroxylation is 3. The van der Waals surface area contributed by atoms with Crippen molar-refractivity contribution in [3.05, 3.63) is 105 Å². The first kappa shape index (κ1) is 19.6. The molecule has 30 heavy (non-hydrogen) atoms. The van der Waals surface area contributed by atoms with Gasteiger partial charge in [0.25, 0.3) is 11.5 Å². The summed E-state index contributed by atoms with van der Waals surface area (Å²) >= 11 is 0. The van der Waals surface area contributed by atoms with E-state index in [0.29, 0.717) is 11.1 Å². The number of carbonyl (C=O) groups is 1. The number of nitrogens with zero attached hydrogens (tertiary/aromatic N) is 2. The molecule has 0 radical (unpaired) electrons. The lowest BCUT2D eigenvalue weighted by Crippen LogP contribution is -2.33. The van der Waals surface area contributed by atoms with Gasteiger partial charge in [-0.05, 0) is 68.1 Å². The van der Waals surface area contributed by atoms with Gasteiger partial charge in [0.1, 0.15) is 0 Å². The summed E-state index contributed by atoms with van der Waals surface area (Å²) in [6.07, 6.45) is 3.18. The molecule has 0 unspecified atom stereocenters. The maximum absolute atomic E-state index is 13.4. The number of amides is 1. The van der Waals surface area contributed by atoms with Crippen LogP contribution < -0.4 is 10.5 Å². The second-order valence-electron chi connectivity index (χ2n) is 7.64. The van der Waals surface area contributed by atoms with E-state index in [1.54, 1.807) is 29.4 Å². The lowest BCUT2D eigenvalue weighted by molar-refractivity contribution is 0.0984. The van der Waals surface area contributed by atoms with Crippen LogP contribution in [0.3, 0.4) is 0 Å². The first-order valence-corrected chi connectivity index (χ1v) is 9.84. The molecule has 2 heterocycles. The number of hydrogen-bond acceptors (Lipinski definition) is 3. The van der Waals surface area contributed by atoms with Crippen molar-refractivity contribution in [1.82, 2.24) is 9.97 Å². The summed E-state index contributed by atoms with van der Waals surface area (Å²) in [4.78, 5) is 34.8. The second-order valence-corrected chi connectivity index (χ2v) is 7.64. The van der Waals surface area contributed by atoms with Crippen LogP contribution in [-0.2, 0) is 6.54 Å². The summed E-state index contributed by atoms with van der Waals surface area (Å²) in [5, 5.41) is 0.944. The second kappa shape index (κ2) is 7.95. The predicted molar refractivity (Wildman–Crippen MR) is 120 cm³/mol. The minimum absolute atomic E-state index is 0.164. The summed E-state index contributed by atoms with van der Waals surface area (Å²) < 4.78 is 0. The first-order chi connectivity index (χ1) is 14.4. The molecule has 4 aromatic rings. The van der Waals surface area contributed by atoms with Crippen molar-refractivity contribution >= 4 is 22.5 Å². The number of hydrogen-bond donors (Lipinski definition) is 1. The van der Waals surface area contributed by atoms with Gasteiger partial charge < -0.3 is 9.88 Å². The summed E-state index contributed by atoms with van der Waals surface area (Å²) in [5.41, 5.74) is 5.57. The smallest absolute Gasteiger partial charge is 0.260 e. The molecular formula is C25H23N3O2. The monoisotopic (exact) mass is 397 g/mol. The minimum atomic E-state index is -0.196. The Morgan fingerprint density at radius 1 is 1.00 bits per heavy atom. The Morgan fingerprint density at radius 3 is 2.50 bits per heavy atom. The number of rotatable bonds is 4. The van der Waals surface area contributed by atoms with Crippen LogP contribution in [0.5, 0.6) is 0 Å². The van der Waals surface area contributed by atoms with Gasteiger partial charge in [-0.15, -0.1) is 0 Å². The van der Waals surface area contributed by atoms with E-state index >= 15 is 0 Å². The maximum Gasteiger partial charge on any atom is 0.260 e. The van der Waals surface area contributed by atoms with Gasteiger partial charge in [0.05, 0.1) is 12.1 Å². The fraction of sp³-hybridized carbons (Fsp3) is 0.160. The Labute approximate surface area is 175 Å². The Kier molecular flexibility index (Phi) is 5.19. The van der Waals surface area contributed by atoms with Crippen LogP contribution in [0.4, 0.5) is 5.69 Å². The molecule has 4 rings (SSSR count). The van der Waals surface area contributed by atoms with Crippen LogP contribution in [0.1, 0.15) is 32.6 Å². The van der Waals surface area contributed by atoms with Gasteiger partial charge in [-0.2, -0.15) is 0 Å². The normalized spacial score (nSPS) is 10.9. The number of H-pyrrole nitrogens is 1. The van der Waals surface area contributed by atoms with E-state index in [1.165, 1.54) is 0 Å². The number of nitrogens with one attached hydrogen (secondary N) is 1. The zero-order chi connectivity index (χ0) is 21.3. The average Bonchev–Trinajstić information content (AvgIpc) is 2.73. The van der Waals surface area contributed by atoms with E-state index in [0.717, 1.165) is 33.3 Å². The van der Waals surface area contributed by atoms with Crippen LogP contribution in [0.15, 0.2) is 71.8 Å². The summed E-state index contributed by atoms with van der Waals surface area (Å²) in [6, 6.07) is 17.2. The average molecular weight is 397 g/mol. The van der Waals surface area contributed by atoms with Crippen molar-refractivity contribution in [2.75, 3.05) is 4.90 Å². The van der Waals surface area contributed by atoms with Crippen LogP contribution in [0.2, 0.25) is 0 Å². The van der Waals surface area contributed by atoms with E-state index in [9.17, 15) is 9.59 Å². The molecule has 150 valence electrons. The van der Waals surface area contributed by atoms with E-state index in [2.05, 4.69) is 9.97 Å². The Morgan fingerprint density at radius 2 is 1.77 bits per heavy atom. The zero-order valence-corrected chi connectivity index (χ0v) is 17.3. The van der Waals surface area contributed by atoms with Crippen LogP contribution in [-0.4, -0.2) is 15.9 Å². The molecule has 5 nitrogen and oxygen atoms in total. The molecular weight excluding hydrogens is 374 g/mol. The third kappa shape index (κ3) is 3.87. The number of aromatic nitrogens is 2. The van der Waals surface area contributed by atoms with Crippen molar-refractivity contribution < 1.29 is 4.79 Å². The number of fused-ring (bicyclic) bond motifs is 1. The summed E-state index contributed by atoms with van der Waals surface area (Å²) in [6.45, 7) is 6.16. The molecule has 1 amide bonds. The van der Waals surface area contributed by atoms with Crippen molar-refractivity contribution in [2.24, 2.45) is 0 Å². The number of benzene rings is 2. The molecule has 0 aliphatic carbocycles. The lowest BCUT2D eigenvalue weighted by atomic mass is 10.1. The van der Waals surface area contributed by atoms with Crippen molar-refractivity contribution in [1.29, 1.82) is 0 Å². The first-order valence-electron chi connectivity index (χ1n) is 9.84. The standard InChI is InChI=1S/C25H23N3O2/c1-16-7-9-23(18(3)11-16)28(25(30)19-5-4-10-26-14-19)15-21-13-20-12-17(2)6-8-22(20)27-24(21)29/h4-14H,15H2,1-3H3,(H,27,29). The summed E-state index contributed by atoms with van der Waals surface area (Å²) in [5.74, 6) is -0.196. The highest BCUT2D eigenvalue weighted by Crippen LogP contribution is 2.25. The zero-order valence-electron chi connectivity index (χ0n) is 17.3. The third-order valence-electron chi connectivity index (χ3n) is 5.20. The Bertz CT molecular complexity index is 1290. The highest BCUT2D eigenvalue weighted by Gasteiger charge is 2.21. The molecule has 0 saturated heterocycles. The van der Waals surface area contributed by atoms with Crippen LogP contribution >= 0.6 is 0 Å². The molecule has 0 bridgehead atoms. The van der Waals surface area contributed by atoms with Crippen molar-refractivity contribution in [2.45, 2.75) is 27.3 Å². The molecule has 5 heteroatoms. The van der Waals surface area contributed by atoms with Gasteiger partial charge in [-0.3, -0.25) is 14.6 Å². The fourth-order valence-electron chi connectivity index (χ4n) is 3.68. The Hall–Kier alpha value is -3.73. The van der Waals surface area contributed by atoms with Crippen molar-refractivity contribution in [3.63, 3.8) is 0 Å². The van der Waals surface area contributed by atoms with E-state index in [1.807, 2.05) is 63.2 Å². The van der Waals surface area contributed by atoms with E-state index in [4.69, 9.17) is 0 Å². The molecule has 1 N–H and O–H groups in total. The number of anilines is 1. The van der Waals surface area contributed by atoms with Gasteiger partial charge in [0, 0.05) is 29.2 Å². The topological polar surface area (TPSA) is 66.1 Å². The quantitative estimate of drug-likeness (QED) is 0.543. The lowest BCUT2D eigenvalue weighted by Gasteiger charge is -2.25. The highest BCUT2D eigenvalue weighted by atomic mass is 16.2. The molecule has 0 atom stereocenters. The van der Waals surface area contributed by atoms with Gasteiger partial charge in [0.2, 0.25) is 0 Å². The number of carbonyl (C=O) groups excluding carboxylic acids is 1. The molecule has 2 aromatic carbocycles.